The van der Waals surface area contributed by atoms with Crippen molar-refractivity contribution in [2.75, 3.05) is 13.7 Å². The molecule has 0 saturated carbocycles. The predicted molar refractivity (Wildman–Crippen MR) is 74.7 cm³/mol. The number of carbonyl (C=O) groups excluding carboxylic acids is 1. The molecule has 0 bridgehead atoms. The molecule has 2 unspecified atom stereocenters. The Morgan fingerprint density at radius 2 is 1.95 bits per heavy atom. The van der Waals surface area contributed by atoms with Gasteiger partial charge in [-0.3, -0.25) is 4.79 Å². The predicted octanol–water partition coefficient (Wildman–Crippen LogP) is 1.68. The van der Waals surface area contributed by atoms with E-state index in [9.17, 15) is 9.90 Å². The van der Waals surface area contributed by atoms with Crippen molar-refractivity contribution in [1.29, 1.82) is 0 Å². The van der Waals surface area contributed by atoms with Gasteiger partial charge in [0.05, 0.1) is 12.7 Å². The van der Waals surface area contributed by atoms with E-state index in [1.54, 1.807) is 6.92 Å². The standard InChI is InChI=1S/C15H23NO3/c1-11(2)13(14(17)19-4)16-10-15(3,18)12-8-6-5-7-9-12/h5-9,11,13,16,18H,10H2,1-4H3. The van der Waals surface area contributed by atoms with E-state index in [0.29, 0.717) is 0 Å². The fourth-order valence-electron chi connectivity index (χ4n) is 1.93. The molecular formula is C15H23NO3. The highest BCUT2D eigenvalue weighted by Crippen LogP contribution is 2.19. The molecule has 2 N–H and O–H groups in total. The molecule has 4 heteroatoms. The zero-order chi connectivity index (χ0) is 14.5. The van der Waals surface area contributed by atoms with Crippen LogP contribution in [0.4, 0.5) is 0 Å². The van der Waals surface area contributed by atoms with Gasteiger partial charge in [-0.15, -0.1) is 0 Å². The number of aliphatic hydroxyl groups is 1. The molecule has 106 valence electrons. The van der Waals surface area contributed by atoms with Crippen LogP contribution >= 0.6 is 0 Å². The van der Waals surface area contributed by atoms with Gasteiger partial charge in [0, 0.05) is 6.54 Å². The van der Waals surface area contributed by atoms with Crippen LogP contribution in [0.3, 0.4) is 0 Å². The molecule has 0 aromatic heterocycles. The molecule has 0 spiro atoms. The maximum absolute atomic E-state index is 11.6. The van der Waals surface area contributed by atoms with E-state index in [1.807, 2.05) is 44.2 Å². The quantitative estimate of drug-likeness (QED) is 0.768. The molecule has 0 aliphatic rings. The second-order valence-corrected chi connectivity index (χ2v) is 5.27. The SMILES string of the molecule is COC(=O)C(NCC(C)(O)c1ccccc1)C(C)C. The maximum atomic E-state index is 11.6. The molecule has 1 rings (SSSR count). The second-order valence-electron chi connectivity index (χ2n) is 5.27. The van der Waals surface area contributed by atoms with Gasteiger partial charge in [0.25, 0.3) is 0 Å². The van der Waals surface area contributed by atoms with Crippen LogP contribution in [-0.4, -0.2) is 30.8 Å². The van der Waals surface area contributed by atoms with Gasteiger partial charge in [0.15, 0.2) is 0 Å². The second kappa shape index (κ2) is 6.68. The van der Waals surface area contributed by atoms with Gasteiger partial charge in [0.1, 0.15) is 6.04 Å². The molecule has 0 heterocycles. The van der Waals surface area contributed by atoms with Gasteiger partial charge in [0.2, 0.25) is 0 Å². The summed E-state index contributed by atoms with van der Waals surface area (Å²) in [5, 5.41) is 13.5. The van der Waals surface area contributed by atoms with E-state index >= 15 is 0 Å². The fourth-order valence-corrected chi connectivity index (χ4v) is 1.93. The first-order valence-electron chi connectivity index (χ1n) is 6.47. The lowest BCUT2D eigenvalue weighted by atomic mass is 9.95. The summed E-state index contributed by atoms with van der Waals surface area (Å²) >= 11 is 0. The zero-order valence-corrected chi connectivity index (χ0v) is 12.0. The van der Waals surface area contributed by atoms with E-state index < -0.39 is 11.6 Å². The van der Waals surface area contributed by atoms with E-state index in [4.69, 9.17) is 4.74 Å². The van der Waals surface area contributed by atoms with Crippen molar-refractivity contribution in [3.05, 3.63) is 35.9 Å². The van der Waals surface area contributed by atoms with Crippen molar-refractivity contribution < 1.29 is 14.6 Å². The summed E-state index contributed by atoms with van der Waals surface area (Å²) < 4.78 is 4.76. The Hall–Kier alpha value is -1.39. The summed E-state index contributed by atoms with van der Waals surface area (Å²) in [7, 11) is 1.37. The number of hydrogen-bond acceptors (Lipinski definition) is 4. The number of rotatable bonds is 6. The molecular weight excluding hydrogens is 242 g/mol. The summed E-state index contributed by atoms with van der Waals surface area (Å²) in [6.45, 7) is 5.89. The molecule has 0 amide bonds. The van der Waals surface area contributed by atoms with Gasteiger partial charge in [-0.25, -0.2) is 0 Å². The first kappa shape index (κ1) is 15.7. The Bertz CT molecular complexity index is 401. The van der Waals surface area contributed by atoms with E-state index in [0.717, 1.165) is 5.56 Å². The summed E-state index contributed by atoms with van der Waals surface area (Å²) in [5.74, 6) is -0.210. The molecule has 0 saturated heterocycles. The largest absolute Gasteiger partial charge is 0.468 e. The van der Waals surface area contributed by atoms with Crippen LogP contribution in [0.25, 0.3) is 0 Å². The Kier molecular flexibility index (Phi) is 5.51. The Morgan fingerprint density at radius 1 is 1.37 bits per heavy atom. The van der Waals surface area contributed by atoms with Crippen molar-refractivity contribution in [2.45, 2.75) is 32.4 Å². The molecule has 0 fully saturated rings. The van der Waals surface area contributed by atoms with Crippen LogP contribution < -0.4 is 5.32 Å². The summed E-state index contributed by atoms with van der Waals surface area (Å²) in [6.07, 6.45) is 0. The van der Waals surface area contributed by atoms with Crippen molar-refractivity contribution in [3.8, 4) is 0 Å². The van der Waals surface area contributed by atoms with E-state index in [1.165, 1.54) is 7.11 Å². The maximum Gasteiger partial charge on any atom is 0.323 e. The van der Waals surface area contributed by atoms with Gasteiger partial charge in [-0.2, -0.15) is 0 Å². The normalized spacial score (nSPS) is 15.9. The average molecular weight is 265 g/mol. The van der Waals surface area contributed by atoms with Gasteiger partial charge >= 0.3 is 5.97 Å². The molecule has 19 heavy (non-hydrogen) atoms. The van der Waals surface area contributed by atoms with Crippen LogP contribution in [0.15, 0.2) is 30.3 Å². The lowest BCUT2D eigenvalue weighted by Gasteiger charge is -2.28. The number of benzene rings is 1. The minimum atomic E-state index is -1.03. The minimum Gasteiger partial charge on any atom is -0.468 e. The van der Waals surface area contributed by atoms with Gasteiger partial charge in [-0.05, 0) is 18.4 Å². The van der Waals surface area contributed by atoms with Crippen molar-refractivity contribution in [2.24, 2.45) is 5.92 Å². The Balaban J connectivity index is 2.71. The molecule has 1 aromatic rings. The van der Waals surface area contributed by atoms with Crippen LogP contribution in [0.5, 0.6) is 0 Å². The number of esters is 1. The minimum absolute atomic E-state index is 0.0963. The van der Waals surface area contributed by atoms with Crippen molar-refractivity contribution in [3.63, 3.8) is 0 Å². The Morgan fingerprint density at radius 3 is 2.42 bits per heavy atom. The average Bonchev–Trinajstić information content (AvgIpc) is 2.39. The van der Waals surface area contributed by atoms with Gasteiger partial charge < -0.3 is 15.2 Å². The van der Waals surface area contributed by atoms with Crippen LogP contribution in [-0.2, 0) is 15.1 Å². The highest BCUT2D eigenvalue weighted by atomic mass is 16.5. The smallest absolute Gasteiger partial charge is 0.323 e. The topological polar surface area (TPSA) is 58.6 Å². The third-order valence-electron chi connectivity index (χ3n) is 3.18. The molecule has 2 atom stereocenters. The number of methoxy groups -OCH3 is 1. The van der Waals surface area contributed by atoms with Crippen LogP contribution in [0, 0.1) is 5.92 Å². The van der Waals surface area contributed by atoms with E-state index in [-0.39, 0.29) is 18.4 Å². The third-order valence-corrected chi connectivity index (χ3v) is 3.18. The molecule has 0 aliphatic heterocycles. The summed E-state index contributed by atoms with van der Waals surface area (Å²) in [4.78, 5) is 11.6. The summed E-state index contributed by atoms with van der Waals surface area (Å²) in [6, 6.07) is 8.97. The number of carbonyl (C=O) groups is 1. The highest BCUT2D eigenvalue weighted by molar-refractivity contribution is 5.75. The highest BCUT2D eigenvalue weighted by Gasteiger charge is 2.28. The first-order valence-corrected chi connectivity index (χ1v) is 6.47. The third kappa shape index (κ3) is 4.33. The zero-order valence-electron chi connectivity index (χ0n) is 12.0. The fraction of sp³-hybridized carbons (Fsp3) is 0.533. The summed E-state index contributed by atoms with van der Waals surface area (Å²) in [5.41, 5.74) is -0.211. The van der Waals surface area contributed by atoms with Gasteiger partial charge in [-0.1, -0.05) is 44.2 Å². The molecule has 1 aromatic carbocycles. The van der Waals surface area contributed by atoms with Crippen LogP contribution in [0.1, 0.15) is 26.3 Å². The Labute approximate surface area is 114 Å². The van der Waals surface area contributed by atoms with Crippen LogP contribution in [0.2, 0.25) is 0 Å². The molecule has 0 aliphatic carbocycles. The monoisotopic (exact) mass is 265 g/mol. The number of ether oxygens (including phenoxy) is 1. The van der Waals surface area contributed by atoms with Crippen molar-refractivity contribution >= 4 is 5.97 Å². The lowest BCUT2D eigenvalue weighted by molar-refractivity contribution is -0.144. The van der Waals surface area contributed by atoms with E-state index in [2.05, 4.69) is 5.32 Å². The molecule has 0 radical (unpaired) electrons. The number of nitrogens with one attached hydrogen (secondary N) is 1. The lowest BCUT2D eigenvalue weighted by Crippen LogP contribution is -2.47. The van der Waals surface area contributed by atoms with Crippen molar-refractivity contribution in [1.82, 2.24) is 5.32 Å². The number of hydrogen-bond donors (Lipinski definition) is 2. The molecule has 4 nitrogen and oxygen atoms in total. The first-order chi connectivity index (χ1) is 8.88.